The third-order valence-electron chi connectivity index (χ3n) is 4.96. The van der Waals surface area contributed by atoms with E-state index in [0.717, 1.165) is 6.07 Å². The van der Waals surface area contributed by atoms with Gasteiger partial charge in [0.1, 0.15) is 17.7 Å². The summed E-state index contributed by atoms with van der Waals surface area (Å²) < 4.78 is 43.1. The fourth-order valence-electron chi connectivity index (χ4n) is 3.61. The first-order chi connectivity index (χ1) is 14.1. The van der Waals surface area contributed by atoms with E-state index in [1.807, 2.05) is 0 Å². The Morgan fingerprint density at radius 2 is 1.86 bits per heavy atom. The summed E-state index contributed by atoms with van der Waals surface area (Å²) >= 11 is 0. The van der Waals surface area contributed by atoms with Crippen molar-refractivity contribution in [2.45, 2.75) is 25.4 Å². The summed E-state index contributed by atoms with van der Waals surface area (Å²) in [6.45, 7) is 0.218. The lowest BCUT2D eigenvalue weighted by molar-refractivity contribution is -0.130. The normalized spacial score (nSPS) is 17.9. The molecular formula is C20H15F2N3O4. The number of aromatic nitrogens is 2. The molecule has 3 heterocycles. The van der Waals surface area contributed by atoms with Crippen molar-refractivity contribution < 1.29 is 27.6 Å². The molecule has 9 heteroatoms. The highest BCUT2D eigenvalue weighted by Crippen LogP contribution is 2.37. The van der Waals surface area contributed by atoms with Crippen molar-refractivity contribution in [3.63, 3.8) is 0 Å². The van der Waals surface area contributed by atoms with Crippen molar-refractivity contribution in [1.82, 2.24) is 15.0 Å². The molecule has 2 aliphatic rings. The first-order valence-electron chi connectivity index (χ1n) is 9.05. The number of benzene rings is 2. The molecule has 1 saturated heterocycles. The van der Waals surface area contributed by atoms with Crippen LogP contribution in [-0.2, 0) is 11.3 Å². The molecule has 1 fully saturated rings. The number of ether oxygens (including phenoxy) is 2. The summed E-state index contributed by atoms with van der Waals surface area (Å²) in [5.74, 6) is 0.362. The van der Waals surface area contributed by atoms with Crippen LogP contribution in [0.1, 0.15) is 30.3 Å². The Hall–Kier alpha value is -3.49. The second kappa shape index (κ2) is 6.84. The molecule has 0 saturated carbocycles. The van der Waals surface area contributed by atoms with Gasteiger partial charge in [-0.2, -0.15) is 4.98 Å². The van der Waals surface area contributed by atoms with E-state index in [1.165, 1.54) is 17.0 Å². The largest absolute Gasteiger partial charge is 0.454 e. The maximum absolute atomic E-state index is 13.5. The van der Waals surface area contributed by atoms with Gasteiger partial charge in [0.05, 0.1) is 0 Å². The number of hydrogen-bond acceptors (Lipinski definition) is 6. The molecule has 0 N–H and O–H groups in total. The van der Waals surface area contributed by atoms with Gasteiger partial charge in [0.25, 0.3) is 0 Å². The first-order valence-corrected chi connectivity index (χ1v) is 9.05. The van der Waals surface area contributed by atoms with Crippen LogP contribution in [0.25, 0.3) is 11.4 Å². The molecule has 1 unspecified atom stereocenters. The summed E-state index contributed by atoms with van der Waals surface area (Å²) in [6.07, 6.45) is 0.781. The van der Waals surface area contributed by atoms with E-state index in [0.29, 0.717) is 41.3 Å². The Bertz CT molecular complexity index is 1080. The fourth-order valence-corrected chi connectivity index (χ4v) is 3.61. The zero-order chi connectivity index (χ0) is 20.0. The quantitative estimate of drug-likeness (QED) is 0.667. The van der Waals surface area contributed by atoms with Crippen LogP contribution in [0.4, 0.5) is 8.78 Å². The van der Waals surface area contributed by atoms with Crippen LogP contribution in [0.15, 0.2) is 40.9 Å². The first kappa shape index (κ1) is 17.6. The fraction of sp³-hybridized carbons (Fsp3) is 0.250. The van der Waals surface area contributed by atoms with Crippen molar-refractivity contribution in [3.05, 3.63) is 59.5 Å². The maximum atomic E-state index is 13.5. The number of nitrogens with zero attached hydrogens (tertiary/aromatic N) is 3. The van der Waals surface area contributed by atoms with Crippen LogP contribution < -0.4 is 9.47 Å². The minimum absolute atomic E-state index is 0.0555. The van der Waals surface area contributed by atoms with E-state index in [2.05, 4.69) is 10.1 Å². The van der Waals surface area contributed by atoms with Crippen molar-refractivity contribution in [1.29, 1.82) is 0 Å². The van der Waals surface area contributed by atoms with Crippen LogP contribution in [0.3, 0.4) is 0 Å². The molecule has 7 nitrogen and oxygen atoms in total. The van der Waals surface area contributed by atoms with E-state index >= 15 is 0 Å². The number of hydrogen-bond donors (Lipinski definition) is 0. The highest BCUT2D eigenvalue weighted by atomic mass is 19.1. The molecule has 1 amide bonds. The number of rotatable bonds is 4. The number of carbonyl (C=O) groups is 1. The van der Waals surface area contributed by atoms with Crippen LogP contribution >= 0.6 is 0 Å². The predicted molar refractivity (Wildman–Crippen MR) is 94.7 cm³/mol. The van der Waals surface area contributed by atoms with Gasteiger partial charge in [0, 0.05) is 24.6 Å². The lowest BCUT2D eigenvalue weighted by Crippen LogP contribution is -2.27. The molecule has 5 rings (SSSR count). The molecule has 1 atom stereocenters. The second-order valence-electron chi connectivity index (χ2n) is 6.88. The van der Waals surface area contributed by atoms with Crippen molar-refractivity contribution >= 4 is 5.91 Å². The zero-order valence-corrected chi connectivity index (χ0v) is 15.1. The van der Waals surface area contributed by atoms with Gasteiger partial charge in [-0.25, -0.2) is 8.78 Å². The van der Waals surface area contributed by atoms with Gasteiger partial charge < -0.3 is 18.9 Å². The van der Waals surface area contributed by atoms with Gasteiger partial charge in [-0.15, -0.1) is 0 Å². The van der Waals surface area contributed by atoms with E-state index in [-0.39, 0.29) is 25.1 Å². The van der Waals surface area contributed by atoms with Gasteiger partial charge in [-0.3, -0.25) is 4.79 Å². The molecule has 0 radical (unpaired) electrons. The smallest absolute Gasteiger partial charge is 0.249 e. The highest BCUT2D eigenvalue weighted by Gasteiger charge is 2.36. The lowest BCUT2D eigenvalue weighted by Gasteiger charge is -2.22. The number of likely N-dealkylation sites (tertiary alicyclic amines) is 1. The molecule has 0 bridgehead atoms. The van der Waals surface area contributed by atoms with E-state index in [4.69, 9.17) is 14.0 Å². The third-order valence-corrected chi connectivity index (χ3v) is 4.96. The Labute approximate surface area is 163 Å². The zero-order valence-electron chi connectivity index (χ0n) is 15.1. The van der Waals surface area contributed by atoms with Gasteiger partial charge in [-0.1, -0.05) is 5.16 Å². The minimum atomic E-state index is -0.689. The van der Waals surface area contributed by atoms with Gasteiger partial charge in [0.2, 0.25) is 24.4 Å². The molecular weight excluding hydrogens is 384 g/mol. The van der Waals surface area contributed by atoms with E-state index < -0.39 is 17.7 Å². The SMILES string of the molecule is O=C1CCC(c2nc(-c3ccc4c(c3)OCO4)no2)N1Cc1cc(F)cc(F)c1. The van der Waals surface area contributed by atoms with Crippen LogP contribution in [0, 0.1) is 11.6 Å². The summed E-state index contributed by atoms with van der Waals surface area (Å²) in [5.41, 5.74) is 1.05. The monoisotopic (exact) mass is 399 g/mol. The summed E-state index contributed by atoms with van der Waals surface area (Å²) in [5, 5.41) is 4.01. The van der Waals surface area contributed by atoms with Gasteiger partial charge in [0.15, 0.2) is 11.5 Å². The molecule has 29 heavy (non-hydrogen) atoms. The molecule has 3 aromatic rings. The molecule has 1 aromatic heterocycles. The van der Waals surface area contributed by atoms with Crippen LogP contribution in [0.2, 0.25) is 0 Å². The molecule has 2 aromatic carbocycles. The number of halogens is 2. The minimum Gasteiger partial charge on any atom is -0.454 e. The van der Waals surface area contributed by atoms with Crippen molar-refractivity contribution in [2.75, 3.05) is 6.79 Å². The Balaban J connectivity index is 1.40. The third kappa shape index (κ3) is 3.28. The molecule has 148 valence electrons. The second-order valence-corrected chi connectivity index (χ2v) is 6.88. The number of fused-ring (bicyclic) bond motifs is 1. The number of amides is 1. The molecule has 2 aliphatic heterocycles. The predicted octanol–water partition coefficient (Wildman–Crippen LogP) is 3.61. The highest BCUT2D eigenvalue weighted by molar-refractivity contribution is 5.78. The van der Waals surface area contributed by atoms with Crippen LogP contribution in [-0.4, -0.2) is 27.7 Å². The topological polar surface area (TPSA) is 77.7 Å². The Morgan fingerprint density at radius 3 is 2.69 bits per heavy atom. The average Bonchev–Trinajstić information content (AvgIpc) is 3.41. The summed E-state index contributed by atoms with van der Waals surface area (Å²) in [4.78, 5) is 18.3. The van der Waals surface area contributed by atoms with Gasteiger partial charge >= 0.3 is 0 Å². The van der Waals surface area contributed by atoms with Gasteiger partial charge in [-0.05, 0) is 42.3 Å². The standard InChI is InChI=1S/C20H15F2N3O4/c21-13-5-11(6-14(22)8-13)9-25-15(2-4-18(25)26)20-23-19(24-29-20)12-1-3-16-17(7-12)28-10-27-16/h1,3,5-8,15H,2,4,9-10H2. The number of carbonyl (C=O) groups excluding carboxylic acids is 1. The molecule has 0 spiro atoms. The maximum Gasteiger partial charge on any atom is 0.249 e. The van der Waals surface area contributed by atoms with Crippen molar-refractivity contribution in [3.8, 4) is 22.9 Å². The van der Waals surface area contributed by atoms with E-state index in [9.17, 15) is 13.6 Å². The summed E-state index contributed by atoms with van der Waals surface area (Å²) in [6, 6.07) is 8.05. The average molecular weight is 399 g/mol. The lowest BCUT2D eigenvalue weighted by atomic mass is 10.1. The van der Waals surface area contributed by atoms with Crippen molar-refractivity contribution in [2.24, 2.45) is 0 Å². The Kier molecular flexibility index (Phi) is 4.15. The summed E-state index contributed by atoms with van der Waals surface area (Å²) in [7, 11) is 0. The van der Waals surface area contributed by atoms with Crippen LogP contribution in [0.5, 0.6) is 11.5 Å². The molecule has 0 aliphatic carbocycles. The van der Waals surface area contributed by atoms with E-state index in [1.54, 1.807) is 18.2 Å². The Morgan fingerprint density at radius 1 is 1.07 bits per heavy atom.